The maximum Gasteiger partial charge on any atom is 0.0705 e. The quantitative estimate of drug-likeness (QED) is 0.641. The second kappa shape index (κ2) is 3.71. The van der Waals surface area contributed by atoms with Gasteiger partial charge < -0.3 is 5.73 Å². The lowest BCUT2D eigenvalue weighted by atomic mass is 10.2. The molecule has 1 aromatic carbocycles. The number of nitrogens with zero attached hydrogens (tertiary/aromatic N) is 6. The molecule has 7 nitrogen and oxygen atoms in total. The Balaban J connectivity index is 2.13. The van der Waals surface area contributed by atoms with Crippen molar-refractivity contribution in [2.24, 2.45) is 0 Å². The smallest absolute Gasteiger partial charge is 0.0705 e. The number of hydrogen-bond acceptors (Lipinski definition) is 5. The van der Waals surface area contributed by atoms with E-state index in [9.17, 15) is 0 Å². The van der Waals surface area contributed by atoms with Gasteiger partial charge in [-0.25, -0.2) is 9.36 Å². The topological polar surface area (TPSA) is 87.4 Å². The molecule has 2 heterocycles. The summed E-state index contributed by atoms with van der Waals surface area (Å²) in [5.74, 6) is 0. The minimum atomic E-state index is 0.628. The predicted octanol–water partition coefficient (Wildman–Crippen LogP) is 0.430. The van der Waals surface area contributed by atoms with E-state index in [2.05, 4.69) is 20.6 Å². The van der Waals surface area contributed by atoms with Crippen LogP contribution in [0, 0.1) is 0 Å². The van der Waals surface area contributed by atoms with Gasteiger partial charge in [-0.15, -0.1) is 10.2 Å². The minimum Gasteiger partial charge on any atom is -0.399 e. The Morgan fingerprint density at radius 1 is 0.824 bits per heavy atom. The first-order valence-electron chi connectivity index (χ1n) is 4.97. The van der Waals surface area contributed by atoms with Gasteiger partial charge in [-0.1, -0.05) is 10.4 Å². The summed E-state index contributed by atoms with van der Waals surface area (Å²) in [7, 11) is 0. The number of nitrogen functional groups attached to an aromatic ring is 1. The highest BCUT2D eigenvalue weighted by Crippen LogP contribution is 2.17. The van der Waals surface area contributed by atoms with Gasteiger partial charge in [0.15, 0.2) is 0 Å². The van der Waals surface area contributed by atoms with Gasteiger partial charge in [-0.2, -0.15) is 0 Å². The summed E-state index contributed by atoms with van der Waals surface area (Å²) in [4.78, 5) is 0. The Hall–Kier alpha value is -2.70. The molecule has 0 saturated carbocycles. The lowest BCUT2D eigenvalue weighted by Crippen LogP contribution is -2.02. The number of rotatable bonds is 2. The molecule has 2 N–H and O–H groups in total. The number of benzene rings is 1. The summed E-state index contributed by atoms with van der Waals surface area (Å²) in [6, 6.07) is 5.53. The van der Waals surface area contributed by atoms with Crippen molar-refractivity contribution in [2.45, 2.75) is 0 Å². The summed E-state index contributed by atoms with van der Waals surface area (Å²) in [6.07, 6.45) is 6.72. The van der Waals surface area contributed by atoms with Crippen LogP contribution in [0.5, 0.6) is 0 Å². The van der Waals surface area contributed by atoms with Gasteiger partial charge in [-0.05, 0) is 18.2 Å². The fourth-order valence-corrected chi connectivity index (χ4v) is 1.57. The van der Waals surface area contributed by atoms with E-state index in [0.717, 1.165) is 11.4 Å². The Morgan fingerprint density at radius 3 is 1.76 bits per heavy atom. The largest absolute Gasteiger partial charge is 0.399 e. The maximum atomic E-state index is 5.85. The first-order chi connectivity index (χ1) is 8.33. The summed E-state index contributed by atoms with van der Waals surface area (Å²) in [5, 5.41) is 15.3. The van der Waals surface area contributed by atoms with Crippen molar-refractivity contribution in [2.75, 3.05) is 5.73 Å². The van der Waals surface area contributed by atoms with Crippen molar-refractivity contribution < 1.29 is 0 Å². The fraction of sp³-hybridized carbons (Fsp3) is 0. The third-order valence-electron chi connectivity index (χ3n) is 2.30. The van der Waals surface area contributed by atoms with Gasteiger partial charge in [0.2, 0.25) is 0 Å². The van der Waals surface area contributed by atoms with Crippen LogP contribution in [0.15, 0.2) is 43.0 Å². The molecule has 2 aromatic heterocycles. The first kappa shape index (κ1) is 9.52. The monoisotopic (exact) mass is 227 g/mol. The van der Waals surface area contributed by atoms with E-state index < -0.39 is 0 Å². The van der Waals surface area contributed by atoms with E-state index in [1.54, 1.807) is 34.2 Å². The molecule has 17 heavy (non-hydrogen) atoms. The molecule has 0 spiro atoms. The summed E-state index contributed by atoms with van der Waals surface area (Å²) in [6.45, 7) is 0. The van der Waals surface area contributed by atoms with Gasteiger partial charge in [0.1, 0.15) is 0 Å². The summed E-state index contributed by atoms with van der Waals surface area (Å²) >= 11 is 0. The highest BCUT2D eigenvalue weighted by Gasteiger charge is 2.04. The SMILES string of the molecule is Nc1cc(-n2ccnn2)cc(-n2ccnn2)c1. The molecule has 0 aliphatic carbocycles. The predicted molar refractivity (Wildman–Crippen MR) is 60.7 cm³/mol. The van der Waals surface area contributed by atoms with E-state index in [1.807, 2.05) is 18.2 Å². The van der Waals surface area contributed by atoms with Crippen LogP contribution >= 0.6 is 0 Å². The van der Waals surface area contributed by atoms with Gasteiger partial charge in [-0.3, -0.25) is 0 Å². The second-order valence-electron chi connectivity index (χ2n) is 3.48. The van der Waals surface area contributed by atoms with Crippen LogP contribution in [0.4, 0.5) is 5.69 Å². The zero-order valence-corrected chi connectivity index (χ0v) is 8.80. The molecule has 84 valence electrons. The highest BCUT2D eigenvalue weighted by atomic mass is 15.4. The van der Waals surface area contributed by atoms with Crippen molar-refractivity contribution in [1.29, 1.82) is 0 Å². The number of anilines is 1. The van der Waals surface area contributed by atoms with Crippen LogP contribution < -0.4 is 5.73 Å². The van der Waals surface area contributed by atoms with Crippen LogP contribution in [0.25, 0.3) is 11.4 Å². The molecule has 0 amide bonds. The number of hydrogen-bond donors (Lipinski definition) is 1. The zero-order chi connectivity index (χ0) is 11.7. The zero-order valence-electron chi connectivity index (χ0n) is 8.80. The van der Waals surface area contributed by atoms with Crippen LogP contribution in [0.1, 0.15) is 0 Å². The Labute approximate surface area is 96.5 Å². The number of nitrogens with two attached hydrogens (primary N) is 1. The van der Waals surface area contributed by atoms with Crippen molar-refractivity contribution in [3.63, 3.8) is 0 Å². The molecule has 0 unspecified atom stereocenters. The molecule has 3 aromatic rings. The first-order valence-corrected chi connectivity index (χ1v) is 4.97. The lowest BCUT2D eigenvalue weighted by Gasteiger charge is -2.06. The standard InChI is InChI=1S/C10H9N7/c11-8-5-9(16-3-1-12-14-16)7-10(6-8)17-4-2-13-15-17/h1-7H,11H2. The Bertz CT molecular complexity index is 560. The third kappa shape index (κ3) is 1.73. The normalized spacial score (nSPS) is 10.6. The summed E-state index contributed by atoms with van der Waals surface area (Å²) in [5.41, 5.74) is 8.13. The van der Waals surface area contributed by atoms with Crippen LogP contribution in [0.2, 0.25) is 0 Å². The molecular formula is C10H9N7. The average Bonchev–Trinajstić information content (AvgIpc) is 3.02. The lowest BCUT2D eigenvalue weighted by molar-refractivity contribution is 0.786. The molecule has 7 heteroatoms. The van der Waals surface area contributed by atoms with Crippen LogP contribution in [0.3, 0.4) is 0 Å². The van der Waals surface area contributed by atoms with Gasteiger partial charge in [0.25, 0.3) is 0 Å². The third-order valence-corrected chi connectivity index (χ3v) is 2.30. The van der Waals surface area contributed by atoms with Crippen molar-refractivity contribution in [3.05, 3.63) is 43.0 Å². The second-order valence-corrected chi connectivity index (χ2v) is 3.48. The number of aromatic nitrogens is 6. The summed E-state index contributed by atoms with van der Waals surface area (Å²) < 4.78 is 3.27. The average molecular weight is 227 g/mol. The van der Waals surface area contributed by atoms with Crippen molar-refractivity contribution in [1.82, 2.24) is 30.0 Å². The fourth-order valence-electron chi connectivity index (χ4n) is 1.57. The maximum absolute atomic E-state index is 5.85. The molecule has 0 fully saturated rings. The molecule has 0 saturated heterocycles. The molecule has 0 aliphatic rings. The molecule has 3 rings (SSSR count). The van der Waals surface area contributed by atoms with Crippen molar-refractivity contribution in [3.8, 4) is 11.4 Å². The highest BCUT2D eigenvalue weighted by molar-refractivity contribution is 5.55. The van der Waals surface area contributed by atoms with Gasteiger partial charge in [0.05, 0.1) is 36.2 Å². The van der Waals surface area contributed by atoms with Crippen LogP contribution in [-0.4, -0.2) is 30.0 Å². The molecule has 0 aliphatic heterocycles. The Morgan fingerprint density at radius 2 is 1.35 bits per heavy atom. The molecule has 0 atom stereocenters. The molecular weight excluding hydrogens is 218 g/mol. The van der Waals surface area contributed by atoms with Gasteiger partial charge in [0, 0.05) is 5.69 Å². The molecule has 0 radical (unpaired) electrons. The van der Waals surface area contributed by atoms with Crippen molar-refractivity contribution >= 4 is 5.69 Å². The molecule has 0 bridgehead atoms. The minimum absolute atomic E-state index is 0.628. The van der Waals surface area contributed by atoms with Gasteiger partial charge >= 0.3 is 0 Å². The van der Waals surface area contributed by atoms with E-state index in [1.165, 1.54) is 0 Å². The van der Waals surface area contributed by atoms with E-state index in [4.69, 9.17) is 5.73 Å². The Kier molecular flexibility index (Phi) is 2.08. The van der Waals surface area contributed by atoms with E-state index in [0.29, 0.717) is 5.69 Å². The van der Waals surface area contributed by atoms with Crippen LogP contribution in [-0.2, 0) is 0 Å². The van der Waals surface area contributed by atoms with E-state index in [-0.39, 0.29) is 0 Å². The van der Waals surface area contributed by atoms with E-state index >= 15 is 0 Å².